The van der Waals surface area contributed by atoms with Crippen LogP contribution in [-0.2, 0) is 4.74 Å². The van der Waals surface area contributed by atoms with E-state index in [1.54, 1.807) is 18.2 Å². The highest BCUT2D eigenvalue weighted by atomic mass is 32.2. The van der Waals surface area contributed by atoms with Crippen molar-refractivity contribution in [1.82, 2.24) is 14.9 Å². The van der Waals surface area contributed by atoms with Gasteiger partial charge in [0.15, 0.2) is 11.6 Å². The number of aryl methyl sites for hydroxylation is 1. The Labute approximate surface area is 224 Å². The van der Waals surface area contributed by atoms with Gasteiger partial charge in [-0.15, -0.1) is 0 Å². The summed E-state index contributed by atoms with van der Waals surface area (Å²) in [6.07, 6.45) is 7.39. The summed E-state index contributed by atoms with van der Waals surface area (Å²) in [6.45, 7) is 9.00. The monoisotopic (exact) mass is 529 g/mol. The third-order valence-corrected chi connectivity index (χ3v) is 7.81. The minimum absolute atomic E-state index is 0.0235. The van der Waals surface area contributed by atoms with Crippen molar-refractivity contribution in [3.05, 3.63) is 30.1 Å². The number of ether oxygens (including phenoxy) is 3. The molecule has 0 saturated carbocycles. The molecule has 10 heteroatoms. The maximum atomic E-state index is 12.2. The van der Waals surface area contributed by atoms with Gasteiger partial charge in [0.1, 0.15) is 11.9 Å². The van der Waals surface area contributed by atoms with Gasteiger partial charge in [-0.3, -0.25) is 0 Å². The van der Waals surface area contributed by atoms with E-state index in [1.807, 2.05) is 38.6 Å². The minimum Gasteiger partial charge on any atom is -0.490 e. The summed E-state index contributed by atoms with van der Waals surface area (Å²) in [5.74, 6) is 2.77. The Bertz CT molecular complexity index is 1060. The van der Waals surface area contributed by atoms with E-state index < -0.39 is 0 Å². The van der Waals surface area contributed by atoms with Gasteiger partial charge in [0.25, 0.3) is 0 Å². The Morgan fingerprint density at radius 3 is 2.62 bits per heavy atom. The van der Waals surface area contributed by atoms with E-state index in [0.717, 1.165) is 43.1 Å². The van der Waals surface area contributed by atoms with Crippen LogP contribution in [0.3, 0.4) is 0 Å². The van der Waals surface area contributed by atoms with Crippen LogP contribution in [0.5, 0.6) is 11.5 Å². The van der Waals surface area contributed by atoms with Crippen molar-refractivity contribution in [2.75, 3.05) is 49.8 Å². The van der Waals surface area contributed by atoms with Crippen LogP contribution in [-0.4, -0.2) is 78.0 Å². The maximum absolute atomic E-state index is 12.2. The first kappa shape index (κ1) is 27.2. The van der Waals surface area contributed by atoms with Crippen LogP contribution >= 0.6 is 11.8 Å². The number of nitrogens with one attached hydrogen (secondary N) is 1. The molecule has 37 heavy (non-hydrogen) atoms. The van der Waals surface area contributed by atoms with Crippen LogP contribution < -0.4 is 19.7 Å². The summed E-state index contributed by atoms with van der Waals surface area (Å²) in [5, 5.41) is 4.05. The second-order valence-electron chi connectivity index (χ2n) is 9.80. The molecule has 2 aliphatic heterocycles. The predicted molar refractivity (Wildman–Crippen MR) is 149 cm³/mol. The van der Waals surface area contributed by atoms with Gasteiger partial charge >= 0.3 is 6.09 Å². The quantitative estimate of drug-likeness (QED) is 0.492. The summed E-state index contributed by atoms with van der Waals surface area (Å²) in [4.78, 5) is 25.7. The third-order valence-electron chi connectivity index (χ3n) is 6.76. The highest BCUT2D eigenvalue weighted by molar-refractivity contribution is 7.99. The smallest absolute Gasteiger partial charge is 0.410 e. The fourth-order valence-corrected chi connectivity index (χ4v) is 5.48. The first-order chi connectivity index (χ1) is 17.9. The van der Waals surface area contributed by atoms with E-state index in [1.165, 1.54) is 12.8 Å². The van der Waals surface area contributed by atoms with Crippen LogP contribution in [0.4, 0.5) is 22.1 Å². The fourth-order valence-electron chi connectivity index (χ4n) is 4.74. The van der Waals surface area contributed by atoms with Gasteiger partial charge in [-0.05, 0) is 52.0 Å². The standard InChI is InChI=1S/C27H39N5O4S/c1-18(2)35-27(33)31-15-11-20(12-16-31)36-23-10-13-28-26(25(23)34-4)30-22-8-9-24(29-19(22)3)32-14-6-7-21(17-32)37-5/h8-10,13,18,20-21H,6-7,11-12,14-17H2,1-5H3,(H,28,30). The van der Waals surface area contributed by atoms with Crippen LogP contribution in [0, 0.1) is 6.92 Å². The molecule has 2 aromatic heterocycles. The lowest BCUT2D eigenvalue weighted by Gasteiger charge is -2.33. The number of carbonyl (C=O) groups is 1. The Morgan fingerprint density at radius 1 is 1.16 bits per heavy atom. The lowest BCUT2D eigenvalue weighted by Crippen LogP contribution is -2.42. The molecule has 2 aromatic rings. The summed E-state index contributed by atoms with van der Waals surface area (Å²) in [5.41, 5.74) is 1.78. The van der Waals surface area contributed by atoms with E-state index in [-0.39, 0.29) is 18.3 Å². The van der Waals surface area contributed by atoms with Crippen molar-refractivity contribution in [2.24, 2.45) is 0 Å². The summed E-state index contributed by atoms with van der Waals surface area (Å²) >= 11 is 1.94. The van der Waals surface area contributed by atoms with E-state index >= 15 is 0 Å². The van der Waals surface area contributed by atoms with E-state index in [0.29, 0.717) is 35.7 Å². The number of thioether (sulfide) groups is 1. The molecule has 2 fully saturated rings. The molecule has 1 atom stereocenters. The number of amides is 1. The van der Waals surface area contributed by atoms with E-state index in [9.17, 15) is 4.79 Å². The molecular formula is C27H39N5O4S. The lowest BCUT2D eigenvalue weighted by atomic mass is 10.1. The lowest BCUT2D eigenvalue weighted by molar-refractivity contribution is 0.0511. The Hall–Kier alpha value is -2.88. The number of hydrogen-bond donors (Lipinski definition) is 1. The van der Waals surface area contributed by atoms with Crippen molar-refractivity contribution in [3.63, 3.8) is 0 Å². The Kier molecular flexibility index (Phi) is 9.23. The van der Waals surface area contributed by atoms with Crippen molar-refractivity contribution in [1.29, 1.82) is 0 Å². The average molecular weight is 530 g/mol. The van der Waals surface area contributed by atoms with Crippen molar-refractivity contribution < 1.29 is 19.0 Å². The summed E-state index contributed by atoms with van der Waals surface area (Å²) in [7, 11) is 1.62. The summed E-state index contributed by atoms with van der Waals surface area (Å²) < 4.78 is 17.3. The van der Waals surface area contributed by atoms with E-state index in [2.05, 4.69) is 33.6 Å². The molecular weight excluding hydrogens is 490 g/mol. The number of piperidine rings is 2. The molecule has 202 valence electrons. The number of rotatable bonds is 8. The van der Waals surface area contributed by atoms with Crippen molar-refractivity contribution in [2.45, 2.75) is 63.9 Å². The number of methoxy groups -OCH3 is 1. The molecule has 9 nitrogen and oxygen atoms in total. The first-order valence-electron chi connectivity index (χ1n) is 13.1. The maximum Gasteiger partial charge on any atom is 0.410 e. The Balaban J connectivity index is 1.41. The number of nitrogens with zero attached hydrogens (tertiary/aromatic N) is 4. The normalized spacial score (nSPS) is 18.6. The van der Waals surface area contributed by atoms with Gasteiger partial charge in [-0.2, -0.15) is 11.8 Å². The van der Waals surface area contributed by atoms with E-state index in [4.69, 9.17) is 19.2 Å². The van der Waals surface area contributed by atoms with Crippen molar-refractivity contribution >= 4 is 35.2 Å². The molecule has 0 spiro atoms. The molecule has 1 amide bonds. The van der Waals surface area contributed by atoms with Gasteiger partial charge in [0.2, 0.25) is 5.75 Å². The molecule has 0 radical (unpaired) electrons. The largest absolute Gasteiger partial charge is 0.490 e. The second kappa shape index (κ2) is 12.6. The zero-order valence-corrected chi connectivity index (χ0v) is 23.3. The van der Waals surface area contributed by atoms with Gasteiger partial charge in [0, 0.05) is 56.5 Å². The molecule has 0 aromatic carbocycles. The summed E-state index contributed by atoms with van der Waals surface area (Å²) in [6, 6.07) is 5.94. The number of pyridine rings is 2. The highest BCUT2D eigenvalue weighted by Crippen LogP contribution is 2.37. The van der Waals surface area contributed by atoms with Gasteiger partial charge in [-0.25, -0.2) is 14.8 Å². The molecule has 2 aliphatic rings. The average Bonchev–Trinajstić information content (AvgIpc) is 2.90. The van der Waals surface area contributed by atoms with Gasteiger partial charge in [0.05, 0.1) is 24.6 Å². The SMILES string of the molecule is COc1c(OC2CCN(C(=O)OC(C)C)CC2)ccnc1Nc1ccc(N2CCCC(SC)C2)nc1C. The number of likely N-dealkylation sites (tertiary alicyclic amines) is 1. The Morgan fingerprint density at radius 2 is 1.95 bits per heavy atom. The van der Waals surface area contributed by atoms with Gasteiger partial charge in [-0.1, -0.05) is 0 Å². The number of hydrogen-bond acceptors (Lipinski definition) is 9. The van der Waals surface area contributed by atoms with Crippen molar-refractivity contribution in [3.8, 4) is 11.5 Å². The molecule has 2 saturated heterocycles. The zero-order chi connectivity index (χ0) is 26.4. The minimum atomic E-state index is -0.263. The molecule has 4 heterocycles. The number of carbonyl (C=O) groups excluding carboxylic acids is 1. The molecule has 1 unspecified atom stereocenters. The molecule has 0 aliphatic carbocycles. The molecule has 4 rings (SSSR count). The van der Waals surface area contributed by atoms with Crippen LogP contribution in [0.1, 0.15) is 45.2 Å². The van der Waals surface area contributed by atoms with Gasteiger partial charge < -0.3 is 29.3 Å². The van der Waals surface area contributed by atoms with Crippen LogP contribution in [0.2, 0.25) is 0 Å². The molecule has 1 N–H and O–H groups in total. The van der Waals surface area contributed by atoms with Crippen LogP contribution in [0.25, 0.3) is 0 Å². The third kappa shape index (κ3) is 6.91. The molecule has 0 bridgehead atoms. The highest BCUT2D eigenvalue weighted by Gasteiger charge is 2.27. The van der Waals surface area contributed by atoms with Crippen LogP contribution in [0.15, 0.2) is 24.4 Å². The topological polar surface area (TPSA) is 89.0 Å². The number of anilines is 3. The predicted octanol–water partition coefficient (Wildman–Crippen LogP) is 5.26. The zero-order valence-electron chi connectivity index (χ0n) is 22.5. The second-order valence-corrected chi connectivity index (χ2v) is 10.9. The first-order valence-corrected chi connectivity index (χ1v) is 14.3. The number of aromatic nitrogens is 2. The fraction of sp³-hybridized carbons (Fsp3) is 0.593.